The second kappa shape index (κ2) is 6.37. The molecule has 0 fully saturated rings. The minimum atomic E-state index is -3.71. The van der Waals surface area contributed by atoms with Crippen LogP contribution in [-0.4, -0.2) is 29.8 Å². The van der Waals surface area contributed by atoms with Crippen molar-refractivity contribution in [3.63, 3.8) is 0 Å². The first-order valence-corrected chi connectivity index (χ1v) is 8.04. The van der Waals surface area contributed by atoms with Gasteiger partial charge in [-0.3, -0.25) is 5.10 Å². The molecule has 8 nitrogen and oxygen atoms in total. The molecule has 0 spiro atoms. The van der Waals surface area contributed by atoms with Crippen molar-refractivity contribution in [2.75, 3.05) is 0 Å². The molecule has 2 aromatic rings. The largest absolute Gasteiger partial charge is 0.364 e. The summed E-state index contributed by atoms with van der Waals surface area (Å²) in [6.07, 6.45) is 1.39. The molecule has 21 heavy (non-hydrogen) atoms. The van der Waals surface area contributed by atoms with Gasteiger partial charge in [0.05, 0.1) is 12.2 Å². The fourth-order valence-corrected chi connectivity index (χ4v) is 2.92. The minimum Gasteiger partial charge on any atom is -0.364 e. The first kappa shape index (κ1) is 15.7. The molecule has 0 saturated heterocycles. The molecule has 0 amide bonds. The number of sulfonamides is 1. The van der Waals surface area contributed by atoms with E-state index >= 15 is 0 Å². The summed E-state index contributed by atoms with van der Waals surface area (Å²) in [5, 5.41) is 13.5. The third kappa shape index (κ3) is 3.90. The Labute approximate surface area is 123 Å². The van der Waals surface area contributed by atoms with E-state index in [0.717, 1.165) is 5.69 Å². The molecule has 0 aliphatic rings. The van der Waals surface area contributed by atoms with E-state index in [9.17, 15) is 8.42 Å². The first-order chi connectivity index (χ1) is 9.90. The van der Waals surface area contributed by atoms with Gasteiger partial charge in [0.1, 0.15) is 6.26 Å². The highest BCUT2D eigenvalue weighted by Gasteiger charge is 2.23. The molecule has 2 heterocycles. The summed E-state index contributed by atoms with van der Waals surface area (Å²) in [4.78, 5) is 0. The maximum absolute atomic E-state index is 12.3. The summed E-state index contributed by atoms with van der Waals surface area (Å²) in [6, 6.07) is 1.84. The molecular weight excluding hydrogens is 294 g/mol. The summed E-state index contributed by atoms with van der Waals surface area (Å²) < 4.78 is 31.8. The van der Waals surface area contributed by atoms with E-state index in [1.807, 2.05) is 13.8 Å². The average molecular weight is 313 g/mol. The van der Waals surface area contributed by atoms with E-state index in [-0.39, 0.29) is 17.6 Å². The van der Waals surface area contributed by atoms with Crippen LogP contribution in [0.5, 0.6) is 0 Å². The number of aromatic amines is 1. The molecule has 0 aliphatic carbocycles. The number of aromatic nitrogens is 3. The minimum absolute atomic E-state index is 0.0108. The van der Waals surface area contributed by atoms with Crippen molar-refractivity contribution >= 4 is 10.0 Å². The number of aryl methyl sites for hydroxylation is 1. The van der Waals surface area contributed by atoms with E-state index in [0.29, 0.717) is 17.8 Å². The van der Waals surface area contributed by atoms with Crippen molar-refractivity contribution < 1.29 is 12.9 Å². The van der Waals surface area contributed by atoms with Crippen molar-refractivity contribution in [3.05, 3.63) is 29.3 Å². The highest BCUT2D eigenvalue weighted by Crippen LogP contribution is 2.16. The van der Waals surface area contributed by atoms with Crippen LogP contribution < -0.4 is 10.0 Å². The van der Waals surface area contributed by atoms with Crippen LogP contribution in [0.3, 0.4) is 0 Å². The Kier molecular flexibility index (Phi) is 4.76. The van der Waals surface area contributed by atoms with Gasteiger partial charge in [-0.25, -0.2) is 13.1 Å². The van der Waals surface area contributed by atoms with Gasteiger partial charge >= 0.3 is 0 Å². The molecule has 9 heteroatoms. The summed E-state index contributed by atoms with van der Waals surface area (Å²) in [5.41, 5.74) is 1.87. The Hall–Kier alpha value is -1.71. The number of nitrogens with zero attached hydrogens (tertiary/aromatic N) is 2. The standard InChI is InChI=1S/C12H19N5O3S/c1-8(2)13-7-11-9(3)15-16-12(11)21(18,19)14-6-10-4-5-20-17-10/h4-5,8,13-14H,6-7H2,1-3H3,(H,15,16). The predicted octanol–water partition coefficient (Wildman–Crippen LogP) is 0.683. The number of rotatable bonds is 7. The van der Waals surface area contributed by atoms with Gasteiger partial charge in [-0.05, 0) is 6.92 Å². The van der Waals surface area contributed by atoms with Crippen molar-refractivity contribution in [2.24, 2.45) is 0 Å². The number of nitrogens with one attached hydrogen (secondary N) is 3. The van der Waals surface area contributed by atoms with Crippen LogP contribution in [0.4, 0.5) is 0 Å². The zero-order valence-corrected chi connectivity index (χ0v) is 13.0. The van der Waals surface area contributed by atoms with Crippen molar-refractivity contribution in [2.45, 2.75) is 44.9 Å². The Morgan fingerprint density at radius 3 is 2.76 bits per heavy atom. The summed E-state index contributed by atoms with van der Waals surface area (Å²) >= 11 is 0. The lowest BCUT2D eigenvalue weighted by molar-refractivity contribution is 0.411. The van der Waals surface area contributed by atoms with Gasteiger partial charge in [-0.1, -0.05) is 19.0 Å². The number of hydrogen-bond acceptors (Lipinski definition) is 6. The second-order valence-corrected chi connectivity index (χ2v) is 6.67. The van der Waals surface area contributed by atoms with Gasteiger partial charge in [0.15, 0.2) is 5.03 Å². The Morgan fingerprint density at radius 2 is 2.14 bits per heavy atom. The van der Waals surface area contributed by atoms with Gasteiger partial charge in [-0.15, -0.1) is 0 Å². The van der Waals surface area contributed by atoms with E-state index in [4.69, 9.17) is 0 Å². The van der Waals surface area contributed by atoms with Crippen LogP contribution in [0, 0.1) is 6.92 Å². The molecule has 0 saturated carbocycles. The third-order valence-corrected chi connectivity index (χ3v) is 4.28. The molecule has 0 aromatic carbocycles. The molecule has 2 aromatic heterocycles. The van der Waals surface area contributed by atoms with E-state index in [1.54, 1.807) is 13.0 Å². The first-order valence-electron chi connectivity index (χ1n) is 6.56. The second-order valence-electron chi connectivity index (χ2n) is 4.98. The molecule has 0 bridgehead atoms. The highest BCUT2D eigenvalue weighted by molar-refractivity contribution is 7.89. The summed E-state index contributed by atoms with van der Waals surface area (Å²) in [6.45, 7) is 6.27. The fraction of sp³-hybridized carbons (Fsp3) is 0.500. The van der Waals surface area contributed by atoms with Crippen molar-refractivity contribution in [1.82, 2.24) is 25.4 Å². The van der Waals surface area contributed by atoms with Crippen LogP contribution in [0.2, 0.25) is 0 Å². The molecule has 2 rings (SSSR count). The van der Waals surface area contributed by atoms with Crippen molar-refractivity contribution in [3.8, 4) is 0 Å². The third-order valence-electron chi connectivity index (χ3n) is 2.91. The smallest absolute Gasteiger partial charge is 0.260 e. The van der Waals surface area contributed by atoms with Crippen molar-refractivity contribution in [1.29, 1.82) is 0 Å². The Morgan fingerprint density at radius 1 is 1.38 bits per heavy atom. The highest BCUT2D eigenvalue weighted by atomic mass is 32.2. The predicted molar refractivity (Wildman–Crippen MR) is 75.8 cm³/mol. The van der Waals surface area contributed by atoms with Gasteiger partial charge in [0, 0.05) is 29.9 Å². The molecule has 116 valence electrons. The number of hydrogen-bond donors (Lipinski definition) is 3. The molecule has 0 unspecified atom stereocenters. The zero-order valence-electron chi connectivity index (χ0n) is 12.2. The van der Waals surface area contributed by atoms with E-state index in [2.05, 4.69) is 29.9 Å². The summed E-state index contributed by atoms with van der Waals surface area (Å²) in [5.74, 6) is 0. The van der Waals surface area contributed by atoms with E-state index < -0.39 is 10.0 Å². The molecule has 0 radical (unpaired) electrons. The summed E-state index contributed by atoms with van der Waals surface area (Å²) in [7, 11) is -3.71. The van der Waals surface area contributed by atoms with Crippen LogP contribution >= 0.6 is 0 Å². The quantitative estimate of drug-likeness (QED) is 0.693. The normalized spacial score (nSPS) is 12.2. The topological polar surface area (TPSA) is 113 Å². The Bertz CT molecular complexity index is 676. The maximum Gasteiger partial charge on any atom is 0.260 e. The van der Waals surface area contributed by atoms with E-state index in [1.165, 1.54) is 6.26 Å². The van der Waals surface area contributed by atoms with Crippen LogP contribution in [-0.2, 0) is 23.1 Å². The molecular formula is C12H19N5O3S. The Balaban J connectivity index is 2.15. The van der Waals surface area contributed by atoms with Gasteiger partial charge in [0.25, 0.3) is 10.0 Å². The van der Waals surface area contributed by atoms with Gasteiger partial charge in [-0.2, -0.15) is 5.10 Å². The number of H-pyrrole nitrogens is 1. The van der Waals surface area contributed by atoms with Gasteiger partial charge in [0.2, 0.25) is 0 Å². The maximum atomic E-state index is 12.3. The fourth-order valence-electron chi connectivity index (χ4n) is 1.73. The van der Waals surface area contributed by atoms with Crippen LogP contribution in [0.25, 0.3) is 0 Å². The lowest BCUT2D eigenvalue weighted by Gasteiger charge is -2.09. The van der Waals surface area contributed by atoms with Crippen LogP contribution in [0.1, 0.15) is 30.8 Å². The lowest BCUT2D eigenvalue weighted by Crippen LogP contribution is -2.27. The molecule has 3 N–H and O–H groups in total. The average Bonchev–Trinajstić information content (AvgIpc) is 3.03. The monoisotopic (exact) mass is 313 g/mol. The van der Waals surface area contributed by atoms with Gasteiger partial charge < -0.3 is 9.84 Å². The SMILES string of the molecule is Cc1[nH]nc(S(=O)(=O)NCc2ccon2)c1CNC(C)C. The molecule has 0 aliphatic heterocycles. The lowest BCUT2D eigenvalue weighted by atomic mass is 10.2. The molecule has 0 atom stereocenters. The van der Waals surface area contributed by atoms with Crippen LogP contribution in [0.15, 0.2) is 21.9 Å². The zero-order chi connectivity index (χ0) is 15.5.